The third-order valence-electron chi connectivity index (χ3n) is 5.07. The summed E-state index contributed by atoms with van der Waals surface area (Å²) in [6.45, 7) is 7.33. The molecule has 1 N–H and O–H groups in total. The van der Waals surface area contributed by atoms with Crippen LogP contribution in [0.2, 0.25) is 0 Å². The van der Waals surface area contributed by atoms with Crippen LogP contribution in [-0.2, 0) is 19.6 Å². The smallest absolute Gasteiger partial charge is 0.270 e. The summed E-state index contributed by atoms with van der Waals surface area (Å²) < 4.78 is 27.3. The van der Waals surface area contributed by atoms with Crippen molar-refractivity contribution < 1.29 is 22.9 Å². The summed E-state index contributed by atoms with van der Waals surface area (Å²) in [5.74, 6) is -0.845. The van der Waals surface area contributed by atoms with Gasteiger partial charge in [0.15, 0.2) is 0 Å². The molecule has 2 amide bonds. The maximum atomic E-state index is 13.0. The summed E-state index contributed by atoms with van der Waals surface area (Å²) in [6.07, 6.45) is 0.633. The number of carbonyl (C=O) groups is 2. The third kappa shape index (κ3) is 6.23. The maximum Gasteiger partial charge on any atom is 0.270 e. The molecule has 2 rings (SSSR count). The van der Waals surface area contributed by atoms with Crippen LogP contribution in [0, 0.1) is 23.0 Å². The van der Waals surface area contributed by atoms with Crippen molar-refractivity contribution in [2.24, 2.45) is 5.92 Å². The Hall–Kier alpha value is -2.53. The fraction of sp³-hybridized carbons (Fsp3) is 0.600. The van der Waals surface area contributed by atoms with Crippen LogP contribution in [0.4, 0.5) is 5.69 Å². The standard InChI is InChI=1S/C20H30N4O6S/c1-14-6-7-16(24(27)28)12-17(14)31(29,30)23-10-8-15(9-11-23)19(26)22(5)13-18(25)21-20(2,3)4/h6-7,12,15H,8-11,13H2,1-5H3,(H,21,25). The van der Waals surface area contributed by atoms with Gasteiger partial charge in [-0.05, 0) is 46.1 Å². The second-order valence-electron chi connectivity index (χ2n) is 8.88. The lowest BCUT2D eigenvalue weighted by Crippen LogP contribution is -2.48. The van der Waals surface area contributed by atoms with Gasteiger partial charge in [-0.2, -0.15) is 4.31 Å². The van der Waals surface area contributed by atoms with Gasteiger partial charge < -0.3 is 10.2 Å². The molecule has 10 nitrogen and oxygen atoms in total. The van der Waals surface area contributed by atoms with Gasteiger partial charge in [0.25, 0.3) is 5.69 Å². The van der Waals surface area contributed by atoms with Crippen LogP contribution in [0.3, 0.4) is 0 Å². The fourth-order valence-electron chi connectivity index (χ4n) is 3.53. The molecule has 1 aromatic carbocycles. The van der Waals surface area contributed by atoms with Crippen LogP contribution in [0.15, 0.2) is 23.1 Å². The molecule has 0 unspecified atom stereocenters. The van der Waals surface area contributed by atoms with Crippen LogP contribution >= 0.6 is 0 Å². The van der Waals surface area contributed by atoms with Gasteiger partial charge in [-0.1, -0.05) is 6.07 Å². The minimum Gasteiger partial charge on any atom is -0.350 e. The highest BCUT2D eigenvalue weighted by Crippen LogP contribution is 2.28. The van der Waals surface area contributed by atoms with Crippen molar-refractivity contribution in [3.8, 4) is 0 Å². The number of hydrogen-bond acceptors (Lipinski definition) is 6. The first-order valence-corrected chi connectivity index (χ1v) is 11.5. The average molecular weight is 455 g/mol. The first kappa shape index (κ1) is 24.7. The first-order chi connectivity index (χ1) is 14.2. The van der Waals surface area contributed by atoms with Crippen LogP contribution in [0.5, 0.6) is 0 Å². The number of nitro groups is 1. The minimum absolute atomic E-state index is 0.0680. The second kappa shape index (κ2) is 9.31. The van der Waals surface area contributed by atoms with E-state index in [1.807, 2.05) is 20.8 Å². The Labute approximate surface area is 182 Å². The van der Waals surface area contributed by atoms with Gasteiger partial charge in [0.1, 0.15) is 0 Å². The van der Waals surface area contributed by atoms with E-state index < -0.39 is 20.5 Å². The molecule has 0 bridgehead atoms. The molecular formula is C20H30N4O6S. The van der Waals surface area contributed by atoms with E-state index in [-0.39, 0.29) is 47.9 Å². The highest BCUT2D eigenvalue weighted by molar-refractivity contribution is 7.89. The topological polar surface area (TPSA) is 130 Å². The third-order valence-corrected chi connectivity index (χ3v) is 7.12. The normalized spacial score (nSPS) is 16.0. The summed E-state index contributed by atoms with van der Waals surface area (Å²) in [4.78, 5) is 36.4. The zero-order chi connectivity index (χ0) is 23.6. The number of non-ortho nitro benzene ring substituents is 1. The number of carbonyl (C=O) groups excluding carboxylic acids is 2. The molecule has 0 aliphatic carbocycles. The van der Waals surface area contributed by atoms with Crippen molar-refractivity contribution in [3.05, 3.63) is 33.9 Å². The SMILES string of the molecule is Cc1ccc([N+](=O)[O-])cc1S(=O)(=O)N1CCC(C(=O)N(C)CC(=O)NC(C)(C)C)CC1. The minimum atomic E-state index is -3.92. The lowest BCUT2D eigenvalue weighted by atomic mass is 9.96. The van der Waals surface area contributed by atoms with E-state index in [4.69, 9.17) is 0 Å². The first-order valence-electron chi connectivity index (χ1n) is 10.0. The van der Waals surface area contributed by atoms with E-state index in [0.717, 1.165) is 6.07 Å². The number of hydrogen-bond donors (Lipinski definition) is 1. The Morgan fingerprint density at radius 3 is 2.35 bits per heavy atom. The van der Waals surface area contributed by atoms with E-state index in [9.17, 15) is 28.1 Å². The van der Waals surface area contributed by atoms with E-state index in [1.165, 1.54) is 21.3 Å². The van der Waals surface area contributed by atoms with Crippen molar-refractivity contribution in [1.29, 1.82) is 0 Å². The molecule has 11 heteroatoms. The van der Waals surface area contributed by atoms with Gasteiger partial charge >= 0.3 is 0 Å². The zero-order valence-electron chi connectivity index (χ0n) is 18.5. The van der Waals surface area contributed by atoms with Crippen LogP contribution in [0.1, 0.15) is 39.2 Å². The summed E-state index contributed by atoms with van der Waals surface area (Å²) in [5, 5.41) is 13.8. The molecule has 31 heavy (non-hydrogen) atoms. The second-order valence-corrected chi connectivity index (χ2v) is 10.8. The van der Waals surface area contributed by atoms with Crippen molar-refractivity contribution in [3.63, 3.8) is 0 Å². The fourth-order valence-corrected chi connectivity index (χ4v) is 5.24. The van der Waals surface area contributed by atoms with E-state index in [2.05, 4.69) is 5.32 Å². The van der Waals surface area contributed by atoms with Crippen LogP contribution in [-0.4, -0.2) is 66.6 Å². The average Bonchev–Trinajstić information content (AvgIpc) is 2.65. The number of rotatable bonds is 6. The summed E-state index contributed by atoms with van der Waals surface area (Å²) in [5.41, 5.74) is -0.261. The molecule has 1 saturated heterocycles. The number of amides is 2. The summed E-state index contributed by atoms with van der Waals surface area (Å²) in [7, 11) is -2.36. The van der Waals surface area contributed by atoms with Gasteiger partial charge in [0.2, 0.25) is 21.8 Å². The lowest BCUT2D eigenvalue weighted by Gasteiger charge is -2.33. The van der Waals surface area contributed by atoms with Crippen molar-refractivity contribution in [1.82, 2.24) is 14.5 Å². The number of sulfonamides is 1. The van der Waals surface area contributed by atoms with Crippen LogP contribution < -0.4 is 5.32 Å². The highest BCUT2D eigenvalue weighted by Gasteiger charge is 2.34. The Morgan fingerprint density at radius 1 is 1.26 bits per heavy atom. The van der Waals surface area contributed by atoms with Crippen LogP contribution in [0.25, 0.3) is 0 Å². The molecular weight excluding hydrogens is 424 g/mol. The predicted octanol–water partition coefficient (Wildman–Crippen LogP) is 1.68. The molecule has 0 atom stereocenters. The number of likely N-dealkylation sites (N-methyl/N-ethyl adjacent to an activating group) is 1. The van der Waals surface area contributed by atoms with Gasteiger partial charge in [0.05, 0.1) is 16.4 Å². The van der Waals surface area contributed by atoms with E-state index in [1.54, 1.807) is 14.0 Å². The van der Waals surface area contributed by atoms with Gasteiger partial charge in [-0.25, -0.2) is 8.42 Å². The maximum absolute atomic E-state index is 13.0. The molecule has 1 aliphatic rings. The molecule has 0 radical (unpaired) electrons. The number of nitro benzene ring substituents is 1. The number of nitrogens with zero attached hydrogens (tertiary/aromatic N) is 3. The van der Waals surface area contributed by atoms with E-state index in [0.29, 0.717) is 18.4 Å². The molecule has 0 spiro atoms. The van der Waals surface area contributed by atoms with E-state index >= 15 is 0 Å². The van der Waals surface area contributed by atoms with Gasteiger partial charge in [-0.15, -0.1) is 0 Å². The molecule has 1 fully saturated rings. The Balaban J connectivity index is 2.03. The van der Waals surface area contributed by atoms with Gasteiger partial charge in [0, 0.05) is 43.7 Å². The van der Waals surface area contributed by atoms with Gasteiger partial charge in [-0.3, -0.25) is 19.7 Å². The number of aryl methyl sites for hydroxylation is 1. The lowest BCUT2D eigenvalue weighted by molar-refractivity contribution is -0.385. The summed E-state index contributed by atoms with van der Waals surface area (Å²) >= 11 is 0. The van der Waals surface area contributed by atoms with Crippen molar-refractivity contribution in [2.75, 3.05) is 26.7 Å². The quantitative estimate of drug-likeness (QED) is 0.514. The van der Waals surface area contributed by atoms with Crippen molar-refractivity contribution in [2.45, 2.75) is 51.0 Å². The predicted molar refractivity (Wildman–Crippen MR) is 115 cm³/mol. The van der Waals surface area contributed by atoms with Crippen molar-refractivity contribution >= 4 is 27.5 Å². The number of piperidine rings is 1. The monoisotopic (exact) mass is 454 g/mol. The molecule has 0 aromatic heterocycles. The Bertz CT molecular complexity index is 962. The number of benzene rings is 1. The summed E-state index contributed by atoms with van der Waals surface area (Å²) in [6, 6.07) is 3.76. The largest absolute Gasteiger partial charge is 0.350 e. The molecule has 1 aliphatic heterocycles. The Morgan fingerprint density at radius 2 is 1.84 bits per heavy atom. The molecule has 1 heterocycles. The molecule has 172 valence electrons. The highest BCUT2D eigenvalue weighted by atomic mass is 32.2. The Kier molecular flexibility index (Phi) is 7.43. The number of nitrogens with one attached hydrogen (secondary N) is 1. The molecule has 0 saturated carbocycles. The molecule has 1 aromatic rings. The zero-order valence-corrected chi connectivity index (χ0v) is 19.4.